The number of nitrogens with zero attached hydrogens (tertiary/aromatic N) is 2. The van der Waals surface area contributed by atoms with Gasteiger partial charge in [-0.2, -0.15) is 0 Å². The average Bonchev–Trinajstić information content (AvgIpc) is 2.65. The summed E-state index contributed by atoms with van der Waals surface area (Å²) >= 11 is 12.4. The largest absolute Gasteiger partial charge is 0.481 e. The number of carbonyl (C=O) groups is 1. The van der Waals surface area contributed by atoms with Crippen LogP contribution in [0.15, 0.2) is 42.5 Å². The highest BCUT2D eigenvalue weighted by Crippen LogP contribution is 2.35. The van der Waals surface area contributed by atoms with E-state index in [1.165, 1.54) is 0 Å². The van der Waals surface area contributed by atoms with Crippen LogP contribution in [0.3, 0.4) is 0 Å². The summed E-state index contributed by atoms with van der Waals surface area (Å²) in [4.78, 5) is 15.7. The first-order valence-electron chi connectivity index (χ1n) is 9.06. The minimum Gasteiger partial charge on any atom is -0.481 e. The van der Waals surface area contributed by atoms with Gasteiger partial charge in [0.1, 0.15) is 0 Å². The second-order valence-electron chi connectivity index (χ2n) is 7.21. The molecule has 0 spiro atoms. The molecule has 1 saturated heterocycles. The molecule has 2 aromatic carbocycles. The second-order valence-corrected chi connectivity index (χ2v) is 8.02. The van der Waals surface area contributed by atoms with Crippen molar-refractivity contribution < 1.29 is 9.90 Å². The first-order chi connectivity index (χ1) is 12.9. The van der Waals surface area contributed by atoms with Crippen LogP contribution in [0.1, 0.15) is 30.0 Å². The molecule has 0 bridgehead atoms. The lowest BCUT2D eigenvalue weighted by molar-refractivity contribution is -0.143. The van der Waals surface area contributed by atoms with E-state index in [9.17, 15) is 9.90 Å². The maximum Gasteiger partial charge on any atom is 0.306 e. The number of halogens is 2. The fraction of sp³-hybridized carbons (Fsp3) is 0.381. The van der Waals surface area contributed by atoms with E-state index in [4.69, 9.17) is 23.2 Å². The van der Waals surface area contributed by atoms with Crippen LogP contribution in [0.5, 0.6) is 0 Å². The third-order valence-electron chi connectivity index (χ3n) is 5.23. The molecule has 1 aliphatic rings. The van der Waals surface area contributed by atoms with Gasteiger partial charge in [-0.1, -0.05) is 41.4 Å². The molecule has 3 rings (SSSR count). The van der Waals surface area contributed by atoms with Crippen LogP contribution in [0.25, 0.3) is 0 Å². The van der Waals surface area contributed by atoms with Crippen molar-refractivity contribution in [3.8, 4) is 0 Å². The number of hydrogen-bond acceptors (Lipinski definition) is 3. The van der Waals surface area contributed by atoms with Crippen molar-refractivity contribution in [3.63, 3.8) is 0 Å². The zero-order chi connectivity index (χ0) is 19.6. The lowest BCUT2D eigenvalue weighted by atomic mass is 9.91. The Morgan fingerprint density at radius 2 is 1.63 bits per heavy atom. The first-order valence-corrected chi connectivity index (χ1v) is 9.81. The van der Waals surface area contributed by atoms with Crippen LogP contribution in [-0.2, 0) is 4.79 Å². The molecule has 1 unspecified atom stereocenters. The molecule has 0 aromatic heterocycles. The fourth-order valence-corrected chi connectivity index (χ4v) is 3.96. The Bertz CT molecular complexity index is 800. The zero-order valence-electron chi connectivity index (χ0n) is 15.5. The van der Waals surface area contributed by atoms with E-state index in [2.05, 4.69) is 34.1 Å². The van der Waals surface area contributed by atoms with E-state index in [1.54, 1.807) is 0 Å². The molecule has 6 heteroatoms. The molecule has 0 amide bonds. The van der Waals surface area contributed by atoms with Gasteiger partial charge < -0.3 is 10.0 Å². The van der Waals surface area contributed by atoms with Crippen LogP contribution in [0.2, 0.25) is 10.0 Å². The molecule has 0 aliphatic carbocycles. The van der Waals surface area contributed by atoms with Gasteiger partial charge in [0, 0.05) is 19.8 Å². The van der Waals surface area contributed by atoms with Crippen molar-refractivity contribution in [2.75, 3.05) is 32.1 Å². The summed E-state index contributed by atoms with van der Waals surface area (Å²) in [5, 5.41) is 10.4. The minimum absolute atomic E-state index is 0.0192. The third-order valence-corrected chi connectivity index (χ3v) is 5.97. The third kappa shape index (κ3) is 4.57. The number of rotatable bonds is 5. The van der Waals surface area contributed by atoms with Gasteiger partial charge in [0.05, 0.1) is 22.0 Å². The number of aliphatic carboxylic acids is 1. The van der Waals surface area contributed by atoms with Crippen LogP contribution in [0.4, 0.5) is 5.69 Å². The number of hydrogen-bond donors (Lipinski definition) is 1. The molecule has 1 fully saturated rings. The first kappa shape index (κ1) is 20.0. The lowest BCUT2D eigenvalue weighted by Crippen LogP contribution is -2.39. The Kier molecular flexibility index (Phi) is 6.30. The Morgan fingerprint density at radius 3 is 2.15 bits per heavy atom. The number of likely N-dealkylation sites (tertiary alicyclic amines) is 1. The quantitative estimate of drug-likeness (QED) is 0.762. The number of carboxylic acid groups (broad SMARTS) is 1. The van der Waals surface area contributed by atoms with Gasteiger partial charge in [-0.05, 0) is 61.3 Å². The molecule has 0 radical (unpaired) electrons. The smallest absolute Gasteiger partial charge is 0.306 e. The van der Waals surface area contributed by atoms with E-state index < -0.39 is 5.97 Å². The molecule has 4 nitrogen and oxygen atoms in total. The van der Waals surface area contributed by atoms with E-state index in [1.807, 2.05) is 32.3 Å². The van der Waals surface area contributed by atoms with Gasteiger partial charge in [0.15, 0.2) is 0 Å². The zero-order valence-corrected chi connectivity index (χ0v) is 17.0. The van der Waals surface area contributed by atoms with Crippen LogP contribution >= 0.6 is 23.2 Å². The molecule has 1 aliphatic heterocycles. The summed E-state index contributed by atoms with van der Waals surface area (Å²) in [6.07, 6.45) is 1.31. The normalized spacial score (nSPS) is 16.9. The van der Waals surface area contributed by atoms with Gasteiger partial charge in [-0.25, -0.2) is 0 Å². The van der Waals surface area contributed by atoms with Crippen molar-refractivity contribution in [2.24, 2.45) is 5.92 Å². The van der Waals surface area contributed by atoms with Gasteiger partial charge in [0.2, 0.25) is 0 Å². The standard InChI is InChI=1S/C21H24Cl2N2O2/c1-24(2)17-6-3-14(4-7-17)20(16-5-8-18(22)19(23)13-16)25-11-9-15(10-12-25)21(26)27/h3-8,13,15,20H,9-12H2,1-2H3,(H,26,27). The van der Waals surface area contributed by atoms with Crippen molar-refractivity contribution in [2.45, 2.75) is 18.9 Å². The maximum absolute atomic E-state index is 11.3. The summed E-state index contributed by atoms with van der Waals surface area (Å²) < 4.78 is 0. The van der Waals surface area contributed by atoms with Crippen molar-refractivity contribution >= 4 is 34.9 Å². The molecule has 2 aromatic rings. The number of benzene rings is 2. The molecular weight excluding hydrogens is 383 g/mol. The van der Waals surface area contributed by atoms with E-state index in [0.717, 1.165) is 29.9 Å². The van der Waals surface area contributed by atoms with E-state index >= 15 is 0 Å². The predicted molar refractivity (Wildman–Crippen MR) is 111 cm³/mol. The van der Waals surface area contributed by atoms with Crippen LogP contribution in [0, 0.1) is 5.92 Å². The number of anilines is 1. The fourth-order valence-electron chi connectivity index (χ4n) is 3.66. The van der Waals surface area contributed by atoms with Gasteiger partial charge >= 0.3 is 5.97 Å². The molecule has 27 heavy (non-hydrogen) atoms. The summed E-state index contributed by atoms with van der Waals surface area (Å²) in [7, 11) is 4.03. The van der Waals surface area contributed by atoms with Crippen molar-refractivity contribution in [1.29, 1.82) is 0 Å². The topological polar surface area (TPSA) is 43.8 Å². The Hall–Kier alpha value is -1.75. The van der Waals surface area contributed by atoms with E-state index in [-0.39, 0.29) is 12.0 Å². The summed E-state index contributed by atoms with van der Waals surface area (Å²) in [5.41, 5.74) is 3.36. The van der Waals surface area contributed by atoms with Crippen molar-refractivity contribution in [3.05, 3.63) is 63.6 Å². The predicted octanol–water partition coefficient (Wildman–Crippen LogP) is 4.95. The van der Waals surface area contributed by atoms with Crippen LogP contribution in [-0.4, -0.2) is 43.2 Å². The molecule has 1 heterocycles. The summed E-state index contributed by atoms with van der Waals surface area (Å²) in [6, 6.07) is 14.2. The highest BCUT2D eigenvalue weighted by molar-refractivity contribution is 6.42. The molecule has 1 atom stereocenters. The summed E-state index contributed by atoms with van der Waals surface area (Å²) in [5.74, 6) is -0.956. The van der Waals surface area contributed by atoms with Gasteiger partial charge in [-0.15, -0.1) is 0 Å². The lowest BCUT2D eigenvalue weighted by Gasteiger charge is -2.37. The number of carboxylic acids is 1. The van der Waals surface area contributed by atoms with Crippen LogP contribution < -0.4 is 4.90 Å². The van der Waals surface area contributed by atoms with E-state index in [0.29, 0.717) is 22.9 Å². The Labute approximate surface area is 170 Å². The van der Waals surface area contributed by atoms with Crippen molar-refractivity contribution in [1.82, 2.24) is 4.90 Å². The average molecular weight is 407 g/mol. The molecular formula is C21H24Cl2N2O2. The number of piperidine rings is 1. The monoisotopic (exact) mass is 406 g/mol. The van der Waals surface area contributed by atoms with Gasteiger partial charge in [-0.3, -0.25) is 9.69 Å². The van der Waals surface area contributed by atoms with Gasteiger partial charge in [0.25, 0.3) is 0 Å². The maximum atomic E-state index is 11.3. The second kappa shape index (κ2) is 8.51. The minimum atomic E-state index is -0.698. The Balaban J connectivity index is 1.94. The highest BCUT2D eigenvalue weighted by atomic mass is 35.5. The molecule has 144 valence electrons. The molecule has 1 N–H and O–H groups in total. The Morgan fingerprint density at radius 1 is 1.04 bits per heavy atom. The highest BCUT2D eigenvalue weighted by Gasteiger charge is 2.30. The summed E-state index contributed by atoms with van der Waals surface area (Å²) in [6.45, 7) is 1.47. The SMILES string of the molecule is CN(C)c1ccc(C(c2ccc(Cl)c(Cl)c2)N2CCC(C(=O)O)CC2)cc1. The molecule has 0 saturated carbocycles.